The fourth-order valence-electron chi connectivity index (χ4n) is 1.03. The number of nitrogens with zero attached hydrogens (tertiary/aromatic N) is 2. The highest BCUT2D eigenvalue weighted by Crippen LogP contribution is 1.96. The SMILES string of the molecule is CCN(C)CC(C)N(C)CC. The summed E-state index contributed by atoms with van der Waals surface area (Å²) in [6.45, 7) is 10.1. The van der Waals surface area contributed by atoms with Crippen molar-refractivity contribution < 1.29 is 0 Å². The second kappa shape index (κ2) is 5.56. The van der Waals surface area contributed by atoms with Crippen LogP contribution in [0.15, 0.2) is 0 Å². The van der Waals surface area contributed by atoms with E-state index in [0.29, 0.717) is 6.04 Å². The molecule has 2 heteroatoms. The molecule has 0 aliphatic rings. The molecule has 11 heavy (non-hydrogen) atoms. The zero-order chi connectivity index (χ0) is 8.85. The summed E-state index contributed by atoms with van der Waals surface area (Å²) in [6.07, 6.45) is 0. The quantitative estimate of drug-likeness (QED) is 0.594. The fourth-order valence-corrected chi connectivity index (χ4v) is 1.03. The lowest BCUT2D eigenvalue weighted by Crippen LogP contribution is -2.38. The van der Waals surface area contributed by atoms with Gasteiger partial charge in [-0.05, 0) is 34.1 Å². The third-order valence-electron chi connectivity index (χ3n) is 2.37. The van der Waals surface area contributed by atoms with Crippen LogP contribution in [-0.4, -0.2) is 49.6 Å². The highest BCUT2D eigenvalue weighted by atomic mass is 15.2. The highest BCUT2D eigenvalue weighted by Gasteiger charge is 2.07. The molecule has 0 bridgehead atoms. The van der Waals surface area contributed by atoms with E-state index in [2.05, 4.69) is 44.7 Å². The average molecular weight is 158 g/mol. The fraction of sp³-hybridized carbons (Fsp3) is 1.00. The molecule has 0 spiro atoms. The minimum absolute atomic E-state index is 0.671. The van der Waals surface area contributed by atoms with Crippen molar-refractivity contribution in [2.45, 2.75) is 26.8 Å². The number of rotatable bonds is 5. The normalized spacial score (nSPS) is 14.5. The van der Waals surface area contributed by atoms with Crippen molar-refractivity contribution in [1.82, 2.24) is 9.80 Å². The first-order chi connectivity index (χ1) is 5.11. The van der Waals surface area contributed by atoms with Gasteiger partial charge in [-0.3, -0.25) is 0 Å². The van der Waals surface area contributed by atoms with Gasteiger partial charge in [-0.1, -0.05) is 13.8 Å². The van der Waals surface area contributed by atoms with Gasteiger partial charge in [-0.15, -0.1) is 0 Å². The van der Waals surface area contributed by atoms with Gasteiger partial charge in [0, 0.05) is 12.6 Å². The van der Waals surface area contributed by atoms with Gasteiger partial charge in [-0.25, -0.2) is 0 Å². The maximum atomic E-state index is 2.37. The summed E-state index contributed by atoms with van der Waals surface area (Å²) >= 11 is 0. The molecule has 0 radical (unpaired) electrons. The summed E-state index contributed by atoms with van der Waals surface area (Å²) in [5, 5.41) is 0. The van der Waals surface area contributed by atoms with Crippen LogP contribution >= 0.6 is 0 Å². The first kappa shape index (κ1) is 10.9. The van der Waals surface area contributed by atoms with Crippen molar-refractivity contribution in [3.63, 3.8) is 0 Å². The Bertz CT molecular complexity index is 93.6. The van der Waals surface area contributed by atoms with Gasteiger partial charge in [0.25, 0.3) is 0 Å². The van der Waals surface area contributed by atoms with E-state index in [9.17, 15) is 0 Å². The smallest absolute Gasteiger partial charge is 0.0191 e. The van der Waals surface area contributed by atoms with Gasteiger partial charge in [0.05, 0.1) is 0 Å². The molecule has 68 valence electrons. The van der Waals surface area contributed by atoms with Crippen molar-refractivity contribution in [2.75, 3.05) is 33.7 Å². The van der Waals surface area contributed by atoms with E-state index >= 15 is 0 Å². The van der Waals surface area contributed by atoms with E-state index in [1.54, 1.807) is 0 Å². The zero-order valence-electron chi connectivity index (χ0n) is 8.59. The molecule has 0 aliphatic carbocycles. The monoisotopic (exact) mass is 158 g/mol. The van der Waals surface area contributed by atoms with Crippen LogP contribution in [-0.2, 0) is 0 Å². The first-order valence-corrected chi connectivity index (χ1v) is 4.50. The van der Waals surface area contributed by atoms with Crippen LogP contribution in [0.25, 0.3) is 0 Å². The number of hydrogen-bond donors (Lipinski definition) is 0. The standard InChI is InChI=1S/C9H22N2/c1-6-10(4)8-9(3)11(5)7-2/h9H,6-8H2,1-5H3. The maximum Gasteiger partial charge on any atom is 0.0191 e. The topological polar surface area (TPSA) is 6.48 Å². The Morgan fingerprint density at radius 2 is 1.64 bits per heavy atom. The predicted molar refractivity (Wildman–Crippen MR) is 50.9 cm³/mol. The Hall–Kier alpha value is -0.0800. The van der Waals surface area contributed by atoms with Crippen molar-refractivity contribution in [1.29, 1.82) is 0 Å². The minimum atomic E-state index is 0.671. The molecule has 0 aromatic heterocycles. The van der Waals surface area contributed by atoms with Crippen molar-refractivity contribution in [2.24, 2.45) is 0 Å². The van der Waals surface area contributed by atoms with Crippen LogP contribution in [0.5, 0.6) is 0 Å². The molecule has 2 nitrogen and oxygen atoms in total. The predicted octanol–water partition coefficient (Wildman–Crippen LogP) is 1.28. The number of hydrogen-bond acceptors (Lipinski definition) is 2. The third-order valence-corrected chi connectivity index (χ3v) is 2.37. The third kappa shape index (κ3) is 4.38. The van der Waals surface area contributed by atoms with Crippen LogP contribution in [0.1, 0.15) is 20.8 Å². The molecular weight excluding hydrogens is 136 g/mol. The van der Waals surface area contributed by atoms with E-state index in [1.807, 2.05) is 0 Å². The minimum Gasteiger partial charge on any atom is -0.305 e. The second-order valence-electron chi connectivity index (χ2n) is 3.28. The van der Waals surface area contributed by atoms with Crippen LogP contribution in [0.3, 0.4) is 0 Å². The lowest BCUT2D eigenvalue weighted by atomic mass is 10.3. The van der Waals surface area contributed by atoms with E-state index in [0.717, 1.165) is 13.1 Å². The molecule has 0 aromatic rings. The molecular formula is C9H22N2. The van der Waals surface area contributed by atoms with E-state index in [1.165, 1.54) is 6.54 Å². The lowest BCUT2D eigenvalue weighted by Gasteiger charge is -2.27. The average Bonchev–Trinajstić information content (AvgIpc) is 2.02. The Kier molecular flexibility index (Phi) is 5.51. The Balaban J connectivity index is 3.58. The lowest BCUT2D eigenvalue weighted by molar-refractivity contribution is 0.204. The van der Waals surface area contributed by atoms with Crippen LogP contribution in [0.2, 0.25) is 0 Å². The first-order valence-electron chi connectivity index (χ1n) is 4.50. The molecule has 0 amide bonds. The van der Waals surface area contributed by atoms with Crippen LogP contribution < -0.4 is 0 Å². The van der Waals surface area contributed by atoms with Gasteiger partial charge in [0.2, 0.25) is 0 Å². The Morgan fingerprint density at radius 3 is 2.00 bits per heavy atom. The largest absolute Gasteiger partial charge is 0.305 e. The van der Waals surface area contributed by atoms with Gasteiger partial charge in [-0.2, -0.15) is 0 Å². The molecule has 0 saturated carbocycles. The molecule has 0 N–H and O–H groups in total. The molecule has 1 atom stereocenters. The van der Waals surface area contributed by atoms with Crippen molar-refractivity contribution >= 4 is 0 Å². The summed E-state index contributed by atoms with van der Waals surface area (Å²) < 4.78 is 0. The van der Waals surface area contributed by atoms with E-state index < -0.39 is 0 Å². The zero-order valence-corrected chi connectivity index (χ0v) is 8.59. The van der Waals surface area contributed by atoms with Gasteiger partial charge < -0.3 is 9.80 Å². The molecule has 0 rings (SSSR count). The Morgan fingerprint density at radius 1 is 1.09 bits per heavy atom. The van der Waals surface area contributed by atoms with Gasteiger partial charge >= 0.3 is 0 Å². The Labute approximate surface area is 71.2 Å². The van der Waals surface area contributed by atoms with Crippen molar-refractivity contribution in [3.8, 4) is 0 Å². The molecule has 0 heterocycles. The van der Waals surface area contributed by atoms with Crippen LogP contribution in [0.4, 0.5) is 0 Å². The summed E-state index contributed by atoms with van der Waals surface area (Å²) in [5.41, 5.74) is 0. The van der Waals surface area contributed by atoms with Gasteiger partial charge in [0.1, 0.15) is 0 Å². The second-order valence-corrected chi connectivity index (χ2v) is 3.28. The summed E-state index contributed by atoms with van der Waals surface area (Å²) in [4.78, 5) is 4.71. The van der Waals surface area contributed by atoms with Gasteiger partial charge in [0.15, 0.2) is 0 Å². The molecule has 1 unspecified atom stereocenters. The van der Waals surface area contributed by atoms with E-state index in [-0.39, 0.29) is 0 Å². The molecule has 0 aliphatic heterocycles. The summed E-state index contributed by atoms with van der Waals surface area (Å²) in [5.74, 6) is 0. The highest BCUT2D eigenvalue weighted by molar-refractivity contribution is 4.65. The molecule has 0 fully saturated rings. The molecule has 0 saturated heterocycles. The number of likely N-dealkylation sites (N-methyl/N-ethyl adjacent to an activating group) is 2. The molecule has 0 aromatic carbocycles. The summed E-state index contributed by atoms with van der Waals surface area (Å²) in [6, 6.07) is 0.671. The van der Waals surface area contributed by atoms with E-state index in [4.69, 9.17) is 0 Å². The summed E-state index contributed by atoms with van der Waals surface area (Å²) in [7, 11) is 4.34. The van der Waals surface area contributed by atoms with Crippen molar-refractivity contribution in [3.05, 3.63) is 0 Å². The maximum absolute atomic E-state index is 2.37. The van der Waals surface area contributed by atoms with Crippen LogP contribution in [0, 0.1) is 0 Å².